The van der Waals surface area contributed by atoms with Crippen molar-refractivity contribution >= 4 is 28.9 Å². The van der Waals surface area contributed by atoms with Crippen molar-refractivity contribution in [3.8, 4) is 0 Å². The number of hydrogen-bond donors (Lipinski definition) is 1. The number of nitro groups is 2. The third-order valence-corrected chi connectivity index (χ3v) is 2.68. The van der Waals surface area contributed by atoms with E-state index in [1.54, 1.807) is 0 Å². The van der Waals surface area contributed by atoms with Crippen molar-refractivity contribution in [3.63, 3.8) is 0 Å². The summed E-state index contributed by atoms with van der Waals surface area (Å²) in [7, 11) is 1.43. The van der Waals surface area contributed by atoms with Gasteiger partial charge in [0.2, 0.25) is 0 Å². The van der Waals surface area contributed by atoms with E-state index in [0.717, 1.165) is 6.07 Å². The maximum atomic E-state index is 11.8. The summed E-state index contributed by atoms with van der Waals surface area (Å²) in [5.41, 5.74) is -1.61. The predicted molar refractivity (Wildman–Crippen MR) is 69.0 cm³/mol. The zero-order valence-electron chi connectivity index (χ0n) is 10.3. The number of carbonyl (C=O) groups is 1. The van der Waals surface area contributed by atoms with Crippen LogP contribution in [0.3, 0.4) is 0 Å². The van der Waals surface area contributed by atoms with Crippen molar-refractivity contribution in [2.75, 3.05) is 20.3 Å². The molecule has 10 heteroatoms. The van der Waals surface area contributed by atoms with Crippen molar-refractivity contribution in [2.45, 2.75) is 0 Å². The molecule has 9 nitrogen and oxygen atoms in total. The largest absolute Gasteiger partial charge is 0.383 e. The monoisotopic (exact) mass is 303 g/mol. The maximum absolute atomic E-state index is 11.8. The molecule has 0 aliphatic carbocycles. The van der Waals surface area contributed by atoms with Gasteiger partial charge in [0, 0.05) is 19.7 Å². The molecular formula is C10H10ClN3O6. The zero-order valence-corrected chi connectivity index (χ0v) is 11.0. The minimum atomic E-state index is -0.888. The summed E-state index contributed by atoms with van der Waals surface area (Å²) in [5, 5.41) is 23.4. The lowest BCUT2D eigenvalue weighted by Crippen LogP contribution is -2.27. The van der Waals surface area contributed by atoms with Gasteiger partial charge < -0.3 is 10.1 Å². The highest BCUT2D eigenvalue weighted by molar-refractivity contribution is 6.36. The van der Waals surface area contributed by atoms with Crippen LogP contribution in [0.25, 0.3) is 0 Å². The summed E-state index contributed by atoms with van der Waals surface area (Å²) in [6.07, 6.45) is 0. The predicted octanol–water partition coefficient (Wildman–Crippen LogP) is 1.53. The molecule has 0 aliphatic rings. The molecule has 0 atom stereocenters. The Morgan fingerprint density at radius 3 is 2.50 bits per heavy atom. The van der Waals surface area contributed by atoms with Crippen LogP contribution in [0.2, 0.25) is 5.02 Å². The number of hydrogen-bond acceptors (Lipinski definition) is 6. The van der Waals surface area contributed by atoms with Crippen LogP contribution in [0.4, 0.5) is 11.4 Å². The van der Waals surface area contributed by atoms with Gasteiger partial charge in [0.25, 0.3) is 17.3 Å². The van der Waals surface area contributed by atoms with Crippen LogP contribution in [-0.4, -0.2) is 36.0 Å². The number of ether oxygens (including phenoxy) is 1. The molecule has 0 bridgehead atoms. The molecule has 1 aromatic rings. The molecule has 0 saturated heterocycles. The molecule has 0 saturated carbocycles. The van der Waals surface area contributed by atoms with Gasteiger partial charge in [-0.2, -0.15) is 0 Å². The van der Waals surface area contributed by atoms with Crippen LogP contribution < -0.4 is 5.32 Å². The molecule has 1 amide bonds. The zero-order chi connectivity index (χ0) is 15.3. The van der Waals surface area contributed by atoms with E-state index in [2.05, 4.69) is 5.32 Å². The molecule has 0 aliphatic heterocycles. The smallest absolute Gasteiger partial charge is 0.295 e. The molecule has 1 rings (SSSR count). The van der Waals surface area contributed by atoms with E-state index < -0.39 is 32.2 Å². The highest BCUT2D eigenvalue weighted by Gasteiger charge is 2.26. The van der Waals surface area contributed by atoms with Crippen molar-refractivity contribution in [2.24, 2.45) is 0 Å². The van der Waals surface area contributed by atoms with Crippen LogP contribution in [0, 0.1) is 20.2 Å². The average Bonchev–Trinajstić information content (AvgIpc) is 2.38. The third-order valence-electron chi connectivity index (χ3n) is 2.28. The fourth-order valence-corrected chi connectivity index (χ4v) is 1.62. The Kier molecular flexibility index (Phi) is 5.35. The van der Waals surface area contributed by atoms with Gasteiger partial charge in [-0.15, -0.1) is 0 Å². The van der Waals surface area contributed by atoms with Gasteiger partial charge >= 0.3 is 0 Å². The first-order valence-corrected chi connectivity index (χ1v) is 5.65. The number of nitrogens with one attached hydrogen (secondary N) is 1. The Hall–Kier alpha value is -2.26. The number of halogens is 1. The molecule has 0 heterocycles. The SMILES string of the molecule is COCCNC(=O)c1cc([N+](=O)[O-])cc([N+](=O)[O-])c1Cl. The molecule has 0 aromatic heterocycles. The maximum Gasteiger partial charge on any atom is 0.295 e. The first kappa shape index (κ1) is 15.8. The number of non-ortho nitro benzene ring substituents is 1. The number of methoxy groups -OCH3 is 1. The third kappa shape index (κ3) is 3.62. The summed E-state index contributed by atoms with van der Waals surface area (Å²) in [5.74, 6) is -0.751. The Morgan fingerprint density at radius 2 is 2.00 bits per heavy atom. The molecule has 0 fully saturated rings. The first-order chi connectivity index (χ1) is 9.38. The summed E-state index contributed by atoms with van der Waals surface area (Å²) < 4.78 is 4.72. The van der Waals surface area contributed by atoms with Crippen LogP contribution in [-0.2, 0) is 4.74 Å². The average molecular weight is 304 g/mol. The van der Waals surface area contributed by atoms with Crippen LogP contribution in [0.1, 0.15) is 10.4 Å². The van der Waals surface area contributed by atoms with Gasteiger partial charge in [0.05, 0.1) is 28.1 Å². The molecular weight excluding hydrogens is 294 g/mol. The summed E-state index contributed by atoms with van der Waals surface area (Å²) in [4.78, 5) is 31.6. The van der Waals surface area contributed by atoms with Crippen molar-refractivity contribution in [1.29, 1.82) is 0 Å². The van der Waals surface area contributed by atoms with E-state index in [0.29, 0.717) is 6.07 Å². The summed E-state index contributed by atoms with van der Waals surface area (Å²) in [6, 6.07) is 1.59. The van der Waals surface area contributed by atoms with E-state index in [9.17, 15) is 25.0 Å². The number of carbonyl (C=O) groups excluding carboxylic acids is 1. The number of benzene rings is 1. The second-order valence-corrected chi connectivity index (χ2v) is 3.97. The highest BCUT2D eigenvalue weighted by atomic mass is 35.5. The lowest BCUT2D eigenvalue weighted by Gasteiger charge is -2.06. The Bertz CT molecular complexity index is 562. The molecule has 20 heavy (non-hydrogen) atoms. The Labute approximate surface area is 117 Å². The molecule has 0 unspecified atom stereocenters. The fourth-order valence-electron chi connectivity index (χ4n) is 1.36. The van der Waals surface area contributed by atoms with Gasteiger partial charge in [0.1, 0.15) is 5.02 Å². The second-order valence-electron chi connectivity index (χ2n) is 3.59. The number of amides is 1. The normalized spacial score (nSPS) is 10.1. The number of rotatable bonds is 6. The standard InChI is InChI=1S/C10H10ClN3O6/c1-20-3-2-12-10(15)7-4-6(13(16)17)5-8(9(7)11)14(18)19/h4-5H,2-3H2,1H3,(H,12,15). The molecule has 1 aromatic carbocycles. The van der Waals surface area contributed by atoms with Crippen LogP contribution in [0.15, 0.2) is 12.1 Å². The quantitative estimate of drug-likeness (QED) is 0.482. The van der Waals surface area contributed by atoms with Crippen LogP contribution in [0.5, 0.6) is 0 Å². The molecule has 0 radical (unpaired) electrons. The van der Waals surface area contributed by atoms with E-state index in [1.807, 2.05) is 0 Å². The lowest BCUT2D eigenvalue weighted by atomic mass is 10.1. The number of nitro benzene ring substituents is 2. The lowest BCUT2D eigenvalue weighted by molar-refractivity contribution is -0.394. The second kappa shape index (κ2) is 6.78. The van der Waals surface area contributed by atoms with E-state index in [-0.39, 0.29) is 18.7 Å². The van der Waals surface area contributed by atoms with Gasteiger partial charge in [-0.05, 0) is 0 Å². The highest BCUT2D eigenvalue weighted by Crippen LogP contribution is 2.32. The van der Waals surface area contributed by atoms with Crippen molar-refractivity contribution < 1.29 is 19.4 Å². The first-order valence-electron chi connectivity index (χ1n) is 5.28. The van der Waals surface area contributed by atoms with E-state index in [4.69, 9.17) is 16.3 Å². The Balaban J connectivity index is 3.20. The topological polar surface area (TPSA) is 125 Å². The van der Waals surface area contributed by atoms with Gasteiger partial charge in [0.15, 0.2) is 0 Å². The molecule has 108 valence electrons. The van der Waals surface area contributed by atoms with Crippen LogP contribution >= 0.6 is 11.6 Å². The van der Waals surface area contributed by atoms with Crippen molar-refractivity contribution in [3.05, 3.63) is 42.9 Å². The fraction of sp³-hybridized carbons (Fsp3) is 0.300. The van der Waals surface area contributed by atoms with E-state index in [1.165, 1.54) is 7.11 Å². The van der Waals surface area contributed by atoms with Gasteiger partial charge in [-0.25, -0.2) is 0 Å². The van der Waals surface area contributed by atoms with E-state index >= 15 is 0 Å². The van der Waals surface area contributed by atoms with Gasteiger partial charge in [-0.1, -0.05) is 11.6 Å². The molecule has 1 N–H and O–H groups in total. The number of nitrogens with zero attached hydrogens (tertiary/aromatic N) is 2. The van der Waals surface area contributed by atoms with Gasteiger partial charge in [-0.3, -0.25) is 25.0 Å². The molecule has 0 spiro atoms. The minimum Gasteiger partial charge on any atom is -0.383 e. The van der Waals surface area contributed by atoms with Crippen molar-refractivity contribution in [1.82, 2.24) is 5.32 Å². The minimum absolute atomic E-state index is 0.141. The summed E-state index contributed by atoms with van der Waals surface area (Å²) in [6.45, 7) is 0.364. The Morgan fingerprint density at radius 1 is 1.35 bits per heavy atom. The summed E-state index contributed by atoms with van der Waals surface area (Å²) >= 11 is 5.73.